The molecule has 2 aromatic rings. The zero-order valence-corrected chi connectivity index (χ0v) is 11.0. The molecule has 0 radical (unpaired) electrons. The fourth-order valence-corrected chi connectivity index (χ4v) is 2.67. The maximum Gasteiger partial charge on any atom is 0.110 e. The fourth-order valence-electron chi connectivity index (χ4n) is 2.48. The molecule has 1 aromatic heterocycles. The van der Waals surface area contributed by atoms with Crippen LogP contribution in [0, 0.1) is 6.92 Å². The van der Waals surface area contributed by atoms with Gasteiger partial charge in [0.15, 0.2) is 0 Å². The Morgan fingerprint density at radius 1 is 1.39 bits per heavy atom. The van der Waals surface area contributed by atoms with Crippen molar-refractivity contribution in [2.24, 2.45) is 5.73 Å². The van der Waals surface area contributed by atoms with Crippen LogP contribution in [0.2, 0.25) is 5.02 Å². The Morgan fingerprint density at radius 2 is 2.17 bits per heavy atom. The molecule has 0 unspecified atom stereocenters. The van der Waals surface area contributed by atoms with Crippen molar-refractivity contribution in [1.82, 2.24) is 9.97 Å². The van der Waals surface area contributed by atoms with E-state index in [0.29, 0.717) is 12.0 Å². The monoisotopic (exact) mass is 261 g/mol. The number of rotatable bonds is 2. The van der Waals surface area contributed by atoms with E-state index in [0.717, 1.165) is 40.6 Å². The Hall–Kier alpha value is -1.32. The van der Waals surface area contributed by atoms with Crippen molar-refractivity contribution in [3.8, 4) is 11.3 Å². The van der Waals surface area contributed by atoms with E-state index in [9.17, 15) is 0 Å². The predicted molar refractivity (Wildman–Crippen MR) is 73.7 cm³/mol. The Morgan fingerprint density at radius 3 is 2.83 bits per heavy atom. The van der Waals surface area contributed by atoms with Gasteiger partial charge in [-0.3, -0.25) is 0 Å². The molecule has 0 spiro atoms. The maximum absolute atomic E-state index is 6.02. The third-order valence-electron chi connectivity index (χ3n) is 3.56. The van der Waals surface area contributed by atoms with E-state index in [4.69, 9.17) is 22.3 Å². The summed E-state index contributed by atoms with van der Waals surface area (Å²) in [4.78, 5) is 8.08. The number of benzene rings is 1. The predicted octanol–water partition coefficient (Wildman–Crippen LogP) is 3.24. The number of hydrogen-bond acceptors (Lipinski definition) is 2. The van der Waals surface area contributed by atoms with Crippen LogP contribution in [0.1, 0.15) is 30.3 Å². The second kappa shape index (κ2) is 4.41. The van der Waals surface area contributed by atoms with Crippen LogP contribution in [0.3, 0.4) is 0 Å². The van der Waals surface area contributed by atoms with Crippen LogP contribution >= 0.6 is 11.6 Å². The van der Waals surface area contributed by atoms with Gasteiger partial charge in [0.05, 0.1) is 5.69 Å². The van der Waals surface area contributed by atoms with Gasteiger partial charge in [-0.05, 0) is 31.9 Å². The lowest BCUT2D eigenvalue weighted by Gasteiger charge is -2.30. The van der Waals surface area contributed by atoms with E-state index in [1.165, 1.54) is 0 Å². The summed E-state index contributed by atoms with van der Waals surface area (Å²) in [5.74, 6) is 1.55. The van der Waals surface area contributed by atoms with E-state index in [1.54, 1.807) is 0 Å². The number of halogens is 1. The molecule has 1 aliphatic rings. The number of nitrogens with two attached hydrogens (primary N) is 1. The normalized spacial score (nSPS) is 22.8. The molecule has 94 valence electrons. The van der Waals surface area contributed by atoms with Gasteiger partial charge >= 0.3 is 0 Å². The highest BCUT2D eigenvalue weighted by Gasteiger charge is 2.30. The molecule has 18 heavy (non-hydrogen) atoms. The first-order valence-electron chi connectivity index (χ1n) is 6.21. The first kappa shape index (κ1) is 11.8. The number of imidazole rings is 1. The van der Waals surface area contributed by atoms with E-state index in [2.05, 4.69) is 4.98 Å². The highest BCUT2D eigenvalue weighted by molar-refractivity contribution is 6.30. The Balaban J connectivity index is 1.93. The second-order valence-corrected chi connectivity index (χ2v) is 5.47. The number of hydrogen-bond donors (Lipinski definition) is 2. The van der Waals surface area contributed by atoms with Gasteiger partial charge in [0, 0.05) is 28.2 Å². The van der Waals surface area contributed by atoms with E-state index in [1.807, 2.05) is 31.2 Å². The molecule has 4 heteroatoms. The highest BCUT2D eigenvalue weighted by Crippen LogP contribution is 2.36. The Labute approximate surface area is 111 Å². The Bertz CT molecular complexity index is 570. The number of aromatic amines is 1. The largest absolute Gasteiger partial charge is 0.345 e. The number of H-pyrrole nitrogens is 1. The molecule has 0 saturated heterocycles. The zero-order chi connectivity index (χ0) is 12.7. The summed E-state index contributed by atoms with van der Waals surface area (Å²) in [5, 5.41) is 0.738. The van der Waals surface area contributed by atoms with Gasteiger partial charge in [-0.1, -0.05) is 23.7 Å². The number of aromatic nitrogens is 2. The molecule has 1 saturated carbocycles. The molecule has 1 aromatic carbocycles. The van der Waals surface area contributed by atoms with Crippen LogP contribution in [0.4, 0.5) is 0 Å². The van der Waals surface area contributed by atoms with Crippen LogP contribution in [-0.4, -0.2) is 16.0 Å². The standard InChI is InChI=1S/C14H16ClN3/c1-8-13(9-3-2-4-11(15)5-9)18-14(17-8)10-6-12(16)7-10/h2-5,10,12H,6-7,16H2,1H3,(H,17,18). The van der Waals surface area contributed by atoms with Crippen LogP contribution in [0.5, 0.6) is 0 Å². The average molecular weight is 262 g/mol. The second-order valence-electron chi connectivity index (χ2n) is 5.03. The first-order valence-corrected chi connectivity index (χ1v) is 6.59. The van der Waals surface area contributed by atoms with E-state index >= 15 is 0 Å². The van der Waals surface area contributed by atoms with Gasteiger partial charge in [0.25, 0.3) is 0 Å². The highest BCUT2D eigenvalue weighted by atomic mass is 35.5. The quantitative estimate of drug-likeness (QED) is 0.872. The fraction of sp³-hybridized carbons (Fsp3) is 0.357. The van der Waals surface area contributed by atoms with Crippen molar-refractivity contribution in [3.05, 3.63) is 40.8 Å². The van der Waals surface area contributed by atoms with Crippen molar-refractivity contribution in [2.75, 3.05) is 0 Å². The minimum Gasteiger partial charge on any atom is -0.345 e. The van der Waals surface area contributed by atoms with Crippen molar-refractivity contribution in [2.45, 2.75) is 31.7 Å². The topological polar surface area (TPSA) is 54.7 Å². The van der Waals surface area contributed by atoms with Crippen LogP contribution in [0.15, 0.2) is 24.3 Å². The summed E-state index contributed by atoms with van der Waals surface area (Å²) < 4.78 is 0. The molecule has 3 N–H and O–H groups in total. The summed E-state index contributed by atoms with van der Waals surface area (Å²) in [6.07, 6.45) is 2.06. The molecule has 1 aliphatic carbocycles. The molecule has 0 atom stereocenters. The van der Waals surface area contributed by atoms with Crippen molar-refractivity contribution >= 4 is 11.6 Å². The number of nitrogens with zero attached hydrogens (tertiary/aromatic N) is 1. The lowest BCUT2D eigenvalue weighted by Crippen LogP contribution is -2.35. The Kier molecular flexibility index (Phi) is 2.88. The molecule has 3 nitrogen and oxygen atoms in total. The van der Waals surface area contributed by atoms with Crippen molar-refractivity contribution < 1.29 is 0 Å². The van der Waals surface area contributed by atoms with Gasteiger partial charge < -0.3 is 10.7 Å². The van der Waals surface area contributed by atoms with Gasteiger partial charge in [-0.15, -0.1) is 0 Å². The molecule has 1 fully saturated rings. The molecule has 1 heterocycles. The van der Waals surface area contributed by atoms with Crippen LogP contribution < -0.4 is 5.73 Å². The maximum atomic E-state index is 6.02. The summed E-state index contributed by atoms with van der Waals surface area (Å²) in [7, 11) is 0. The SMILES string of the molecule is Cc1[nH]c(C2CC(N)C2)nc1-c1cccc(Cl)c1. The third kappa shape index (κ3) is 2.04. The summed E-state index contributed by atoms with van der Waals surface area (Å²) in [6.45, 7) is 2.05. The first-order chi connectivity index (χ1) is 8.63. The molecule has 0 aliphatic heterocycles. The molecule has 0 amide bonds. The number of nitrogens with one attached hydrogen (secondary N) is 1. The van der Waals surface area contributed by atoms with Gasteiger partial charge in [0.2, 0.25) is 0 Å². The van der Waals surface area contributed by atoms with Gasteiger partial charge in [-0.2, -0.15) is 0 Å². The molecular formula is C14H16ClN3. The number of aryl methyl sites for hydroxylation is 1. The van der Waals surface area contributed by atoms with Gasteiger partial charge in [-0.25, -0.2) is 4.98 Å². The third-order valence-corrected chi connectivity index (χ3v) is 3.80. The smallest absolute Gasteiger partial charge is 0.110 e. The summed E-state index contributed by atoms with van der Waals surface area (Å²) in [5.41, 5.74) is 8.97. The molecule has 3 rings (SSSR count). The van der Waals surface area contributed by atoms with Crippen LogP contribution in [-0.2, 0) is 0 Å². The molecular weight excluding hydrogens is 246 g/mol. The summed E-state index contributed by atoms with van der Waals surface area (Å²) in [6, 6.07) is 8.14. The van der Waals surface area contributed by atoms with E-state index < -0.39 is 0 Å². The van der Waals surface area contributed by atoms with Gasteiger partial charge in [0.1, 0.15) is 5.82 Å². The minimum atomic E-state index is 0.343. The van der Waals surface area contributed by atoms with Crippen LogP contribution in [0.25, 0.3) is 11.3 Å². The molecule has 0 bridgehead atoms. The van der Waals surface area contributed by atoms with Crippen molar-refractivity contribution in [3.63, 3.8) is 0 Å². The lowest BCUT2D eigenvalue weighted by molar-refractivity contribution is 0.340. The van der Waals surface area contributed by atoms with Crippen molar-refractivity contribution in [1.29, 1.82) is 0 Å². The zero-order valence-electron chi connectivity index (χ0n) is 10.3. The average Bonchev–Trinajstić information content (AvgIpc) is 2.67. The summed E-state index contributed by atoms with van der Waals surface area (Å²) >= 11 is 6.02. The lowest BCUT2D eigenvalue weighted by atomic mass is 9.80. The minimum absolute atomic E-state index is 0.343. The van der Waals surface area contributed by atoms with E-state index in [-0.39, 0.29) is 0 Å².